The quantitative estimate of drug-likeness (QED) is 0.841. The van der Waals surface area contributed by atoms with Crippen molar-refractivity contribution in [1.29, 1.82) is 0 Å². The zero-order valence-electron chi connectivity index (χ0n) is 11.2. The zero-order valence-corrected chi connectivity index (χ0v) is 13.6. The van der Waals surface area contributed by atoms with Gasteiger partial charge in [0.1, 0.15) is 5.82 Å². The minimum Gasteiger partial charge on any atom is -0.370 e. The molecule has 0 radical (unpaired) electrons. The van der Waals surface area contributed by atoms with E-state index >= 15 is 0 Å². The first-order valence-electron chi connectivity index (χ1n) is 6.72. The molecule has 2 aromatic rings. The van der Waals surface area contributed by atoms with E-state index in [1.807, 2.05) is 6.20 Å². The van der Waals surface area contributed by atoms with Crippen LogP contribution in [0.1, 0.15) is 30.0 Å². The molecule has 1 aliphatic heterocycles. The number of aromatic nitrogens is 3. The average molecular weight is 356 g/mol. The van der Waals surface area contributed by atoms with Gasteiger partial charge < -0.3 is 5.32 Å². The van der Waals surface area contributed by atoms with E-state index in [1.54, 1.807) is 6.20 Å². The maximum absolute atomic E-state index is 6.44. The monoisotopic (exact) mass is 354 g/mol. The Balaban J connectivity index is 1.98. The number of hydrogen-bond donors (Lipinski definition) is 1. The highest BCUT2D eigenvalue weighted by Crippen LogP contribution is 2.34. The Hall–Kier alpha value is -1.07. The second-order valence-electron chi connectivity index (χ2n) is 5.17. The van der Waals surface area contributed by atoms with Crippen molar-refractivity contribution in [3.63, 3.8) is 0 Å². The van der Waals surface area contributed by atoms with Crippen LogP contribution in [0.4, 0.5) is 5.82 Å². The van der Waals surface area contributed by atoms with Crippen molar-refractivity contribution in [3.05, 3.63) is 39.2 Å². The molecule has 0 saturated carbocycles. The van der Waals surface area contributed by atoms with E-state index < -0.39 is 0 Å². The maximum atomic E-state index is 6.44. The summed E-state index contributed by atoms with van der Waals surface area (Å²) >= 11 is 9.89. The summed E-state index contributed by atoms with van der Waals surface area (Å²) in [7, 11) is 0. The number of nitrogens with zero attached hydrogens (tertiary/aromatic N) is 3. The molecule has 0 bridgehead atoms. The molecule has 0 unspecified atom stereocenters. The van der Waals surface area contributed by atoms with Gasteiger partial charge in [0.2, 0.25) is 0 Å². The molecule has 4 nitrogen and oxygen atoms in total. The summed E-state index contributed by atoms with van der Waals surface area (Å²) in [5.74, 6) is 0.895. The van der Waals surface area contributed by atoms with Gasteiger partial charge in [-0.15, -0.1) is 0 Å². The van der Waals surface area contributed by atoms with E-state index in [4.69, 9.17) is 11.6 Å². The number of hydrogen-bond acceptors (Lipinski definition) is 3. The van der Waals surface area contributed by atoms with Crippen LogP contribution >= 0.6 is 27.5 Å². The molecular formula is C14H16BrClN4. The van der Waals surface area contributed by atoms with Crippen LogP contribution in [0.5, 0.6) is 0 Å². The molecule has 0 fully saturated rings. The Morgan fingerprint density at radius 2 is 2.30 bits per heavy atom. The van der Waals surface area contributed by atoms with Crippen LogP contribution in [0.2, 0.25) is 5.02 Å². The highest BCUT2D eigenvalue weighted by molar-refractivity contribution is 9.10. The van der Waals surface area contributed by atoms with Crippen molar-refractivity contribution in [2.24, 2.45) is 0 Å². The first-order chi connectivity index (χ1) is 9.65. The molecule has 0 aliphatic carbocycles. The van der Waals surface area contributed by atoms with Crippen LogP contribution in [-0.4, -0.2) is 21.3 Å². The Kier molecular flexibility index (Phi) is 3.98. The highest BCUT2D eigenvalue weighted by Gasteiger charge is 2.21. The predicted octanol–water partition coefficient (Wildman–Crippen LogP) is 3.99. The normalized spacial score (nSPS) is 18.9. The summed E-state index contributed by atoms with van der Waals surface area (Å²) in [4.78, 5) is 4.44. The maximum Gasteiger partial charge on any atom is 0.130 e. The first kappa shape index (κ1) is 13.9. The molecule has 2 aromatic heterocycles. The molecule has 0 amide bonds. The van der Waals surface area contributed by atoms with E-state index in [9.17, 15) is 0 Å². The van der Waals surface area contributed by atoms with Crippen molar-refractivity contribution in [3.8, 4) is 0 Å². The van der Waals surface area contributed by atoms with Gasteiger partial charge in [-0.2, -0.15) is 5.10 Å². The smallest absolute Gasteiger partial charge is 0.130 e. The fraction of sp³-hybridized carbons (Fsp3) is 0.429. The number of halogens is 2. The van der Waals surface area contributed by atoms with Crippen LogP contribution in [-0.2, 0) is 6.42 Å². The molecule has 3 heterocycles. The van der Waals surface area contributed by atoms with Crippen molar-refractivity contribution >= 4 is 33.3 Å². The second kappa shape index (κ2) is 5.74. The van der Waals surface area contributed by atoms with E-state index in [-0.39, 0.29) is 0 Å². The van der Waals surface area contributed by atoms with Crippen molar-refractivity contribution in [2.45, 2.75) is 32.2 Å². The minimum atomic E-state index is 0.332. The van der Waals surface area contributed by atoms with Gasteiger partial charge in [0, 0.05) is 24.5 Å². The largest absolute Gasteiger partial charge is 0.370 e. The Bertz CT molecular complexity index is 626. The third-order valence-corrected chi connectivity index (χ3v) is 4.88. The summed E-state index contributed by atoms with van der Waals surface area (Å²) in [5.41, 5.74) is 2.25. The van der Waals surface area contributed by atoms with Crippen molar-refractivity contribution in [1.82, 2.24) is 14.8 Å². The highest BCUT2D eigenvalue weighted by atomic mass is 79.9. The van der Waals surface area contributed by atoms with Gasteiger partial charge >= 0.3 is 0 Å². The van der Waals surface area contributed by atoms with Crippen molar-refractivity contribution in [2.75, 3.05) is 11.9 Å². The summed E-state index contributed by atoms with van der Waals surface area (Å²) < 4.78 is 2.90. The average Bonchev–Trinajstić information content (AvgIpc) is 2.82. The minimum absolute atomic E-state index is 0.332. The standard InChI is InChI=1S/C14H16BrClN4/c1-9-6-19-20(8-9)10-3-2-4-17-14-11(5-10)13(16)12(15)7-18-14/h6-8,10H,2-5H2,1H3,(H,17,18)/t10-/m0/s1. The van der Waals surface area contributed by atoms with E-state index in [0.717, 1.165) is 46.7 Å². The lowest BCUT2D eigenvalue weighted by Crippen LogP contribution is -2.19. The van der Waals surface area contributed by atoms with Crippen molar-refractivity contribution < 1.29 is 0 Å². The third kappa shape index (κ3) is 2.69. The summed E-state index contributed by atoms with van der Waals surface area (Å²) in [6.45, 7) is 2.97. The second-order valence-corrected chi connectivity index (χ2v) is 6.40. The Morgan fingerprint density at radius 1 is 1.45 bits per heavy atom. The lowest BCUT2D eigenvalue weighted by Gasteiger charge is -2.23. The number of fused-ring (bicyclic) bond motifs is 1. The molecule has 0 saturated heterocycles. The SMILES string of the molecule is Cc1cnn([C@H]2CCCNc3ncc(Br)c(Cl)c3C2)c1. The molecule has 1 atom stereocenters. The molecular weight excluding hydrogens is 340 g/mol. The molecule has 1 N–H and O–H groups in total. The fourth-order valence-electron chi connectivity index (χ4n) is 2.58. The Morgan fingerprint density at radius 3 is 3.05 bits per heavy atom. The summed E-state index contributed by atoms with van der Waals surface area (Å²) in [5, 5.41) is 8.57. The van der Waals surface area contributed by atoms with E-state index in [2.05, 4.69) is 49.1 Å². The van der Waals surface area contributed by atoms with Gasteiger partial charge in [0.25, 0.3) is 0 Å². The summed E-state index contributed by atoms with van der Waals surface area (Å²) in [6, 6.07) is 0.332. The van der Waals surface area contributed by atoms with Crippen LogP contribution in [0.3, 0.4) is 0 Å². The molecule has 0 aromatic carbocycles. The molecule has 20 heavy (non-hydrogen) atoms. The Labute approximate surface area is 131 Å². The van der Waals surface area contributed by atoms with Crippen LogP contribution in [0, 0.1) is 6.92 Å². The van der Waals surface area contributed by atoms with E-state index in [1.165, 1.54) is 5.56 Å². The molecule has 1 aliphatic rings. The lowest BCUT2D eigenvalue weighted by atomic mass is 10.0. The zero-order chi connectivity index (χ0) is 14.1. The number of nitrogens with one attached hydrogen (secondary N) is 1. The number of pyridine rings is 1. The van der Waals surface area contributed by atoms with Gasteiger partial charge in [-0.1, -0.05) is 11.6 Å². The van der Waals surface area contributed by atoms with Gasteiger partial charge in [0.15, 0.2) is 0 Å². The van der Waals surface area contributed by atoms with Crippen LogP contribution in [0.25, 0.3) is 0 Å². The molecule has 106 valence electrons. The fourth-order valence-corrected chi connectivity index (χ4v) is 3.14. The van der Waals surface area contributed by atoms with Gasteiger partial charge in [-0.3, -0.25) is 4.68 Å². The molecule has 3 rings (SSSR count). The van der Waals surface area contributed by atoms with Gasteiger partial charge in [-0.25, -0.2) is 4.98 Å². The van der Waals surface area contributed by atoms with E-state index in [0.29, 0.717) is 6.04 Å². The predicted molar refractivity (Wildman–Crippen MR) is 84.4 cm³/mol. The van der Waals surface area contributed by atoms with Gasteiger partial charge in [0.05, 0.1) is 21.7 Å². The third-order valence-electron chi connectivity index (χ3n) is 3.62. The topological polar surface area (TPSA) is 42.7 Å². The number of rotatable bonds is 1. The molecule has 0 spiro atoms. The lowest BCUT2D eigenvalue weighted by molar-refractivity contribution is 0.411. The first-order valence-corrected chi connectivity index (χ1v) is 7.89. The van der Waals surface area contributed by atoms with Crippen LogP contribution in [0.15, 0.2) is 23.1 Å². The number of aryl methyl sites for hydroxylation is 1. The van der Waals surface area contributed by atoms with Gasteiger partial charge in [-0.05, 0) is 47.7 Å². The molecule has 6 heteroatoms. The number of anilines is 1. The summed E-state index contributed by atoms with van der Waals surface area (Å²) in [6.07, 6.45) is 8.77. The van der Waals surface area contributed by atoms with Crippen LogP contribution < -0.4 is 5.32 Å².